The number of hydrogen-bond donors (Lipinski definition) is 2. The van der Waals surface area contributed by atoms with Crippen LogP contribution in [0.1, 0.15) is 22.8 Å². The molecule has 0 saturated heterocycles. The van der Waals surface area contributed by atoms with Crippen LogP contribution in [-0.2, 0) is 11.3 Å². The summed E-state index contributed by atoms with van der Waals surface area (Å²) in [4.78, 5) is 25.2. The number of ether oxygens (including phenoxy) is 1. The molecule has 4 aromatic carbocycles. The van der Waals surface area contributed by atoms with E-state index >= 15 is 0 Å². The minimum absolute atomic E-state index is 0.206. The highest BCUT2D eigenvalue weighted by molar-refractivity contribution is 5.98. The lowest BCUT2D eigenvalue weighted by atomic mass is 10.1. The number of nitrogens with one attached hydrogen (secondary N) is 2. The summed E-state index contributed by atoms with van der Waals surface area (Å²) in [5.74, 6) is 0.105. The number of rotatable bonds is 8. The van der Waals surface area contributed by atoms with Crippen LogP contribution in [0, 0.1) is 0 Å². The van der Waals surface area contributed by atoms with Crippen molar-refractivity contribution in [2.24, 2.45) is 0 Å². The minimum Gasteiger partial charge on any atom is -0.481 e. The van der Waals surface area contributed by atoms with Gasteiger partial charge in [-0.2, -0.15) is 0 Å². The minimum atomic E-state index is -0.710. The number of benzene rings is 4. The molecule has 0 saturated carbocycles. The van der Waals surface area contributed by atoms with E-state index in [0.717, 1.165) is 16.7 Å². The van der Waals surface area contributed by atoms with Gasteiger partial charge in [0.2, 0.25) is 0 Å². The highest BCUT2D eigenvalue weighted by Crippen LogP contribution is 2.23. The molecule has 0 aromatic heterocycles. The summed E-state index contributed by atoms with van der Waals surface area (Å²) in [5, 5.41) is 5.72. The predicted octanol–water partition coefficient (Wildman–Crippen LogP) is 5.69. The van der Waals surface area contributed by atoms with Crippen LogP contribution in [0.4, 0.5) is 5.69 Å². The molecule has 0 aliphatic carbocycles. The second kappa shape index (κ2) is 11.0. The van der Waals surface area contributed by atoms with Crippen LogP contribution in [0.3, 0.4) is 0 Å². The third-order valence-electron chi connectivity index (χ3n) is 5.33. The summed E-state index contributed by atoms with van der Waals surface area (Å²) >= 11 is 0. The van der Waals surface area contributed by atoms with Gasteiger partial charge < -0.3 is 15.4 Å². The number of carbonyl (C=O) groups excluding carboxylic acids is 2. The molecule has 0 spiro atoms. The molecular formula is C29H26N2O3. The van der Waals surface area contributed by atoms with Gasteiger partial charge in [0.05, 0.1) is 0 Å². The van der Waals surface area contributed by atoms with Gasteiger partial charge in [-0.3, -0.25) is 9.59 Å². The fourth-order valence-electron chi connectivity index (χ4n) is 3.48. The first kappa shape index (κ1) is 22.8. The largest absolute Gasteiger partial charge is 0.481 e. The second-order valence-corrected chi connectivity index (χ2v) is 7.89. The molecule has 0 aliphatic heterocycles. The maximum Gasteiger partial charge on any atom is 0.265 e. The molecule has 4 aromatic rings. The zero-order chi connectivity index (χ0) is 23.8. The molecular weight excluding hydrogens is 424 g/mol. The monoisotopic (exact) mass is 450 g/mol. The lowest BCUT2D eigenvalue weighted by molar-refractivity contribution is -0.122. The first-order valence-corrected chi connectivity index (χ1v) is 11.1. The first-order chi connectivity index (χ1) is 16.6. The molecule has 2 amide bonds. The summed E-state index contributed by atoms with van der Waals surface area (Å²) in [5.41, 5.74) is 4.22. The molecule has 0 aliphatic rings. The number of anilines is 1. The van der Waals surface area contributed by atoms with Crippen LogP contribution < -0.4 is 15.4 Å². The Morgan fingerprint density at radius 3 is 2.12 bits per heavy atom. The molecule has 2 N–H and O–H groups in total. The van der Waals surface area contributed by atoms with E-state index in [1.54, 1.807) is 31.2 Å². The lowest BCUT2D eigenvalue weighted by Gasteiger charge is -2.15. The average Bonchev–Trinajstić information content (AvgIpc) is 2.89. The van der Waals surface area contributed by atoms with Crippen molar-refractivity contribution < 1.29 is 14.3 Å². The van der Waals surface area contributed by atoms with Gasteiger partial charge in [0.15, 0.2) is 6.10 Å². The van der Waals surface area contributed by atoms with Crippen LogP contribution in [-0.4, -0.2) is 17.9 Å². The van der Waals surface area contributed by atoms with Crippen molar-refractivity contribution in [1.82, 2.24) is 5.32 Å². The maximum atomic E-state index is 12.7. The molecule has 0 radical (unpaired) electrons. The number of hydrogen-bond acceptors (Lipinski definition) is 3. The van der Waals surface area contributed by atoms with E-state index in [4.69, 9.17) is 4.74 Å². The third-order valence-corrected chi connectivity index (χ3v) is 5.33. The third kappa shape index (κ3) is 6.11. The summed E-state index contributed by atoms with van der Waals surface area (Å²) < 4.78 is 5.81. The van der Waals surface area contributed by atoms with Gasteiger partial charge in [-0.1, -0.05) is 78.9 Å². The van der Waals surface area contributed by atoms with Crippen LogP contribution >= 0.6 is 0 Å². The van der Waals surface area contributed by atoms with Crippen molar-refractivity contribution in [3.8, 4) is 16.9 Å². The SMILES string of the molecule is CC(Oc1ccc(-c2ccccc2)cc1)C(=O)Nc1cccc(C(=O)NCc2ccccc2)c1. The highest BCUT2D eigenvalue weighted by Gasteiger charge is 2.16. The van der Waals surface area contributed by atoms with Crippen LogP contribution in [0.5, 0.6) is 5.75 Å². The molecule has 170 valence electrons. The van der Waals surface area contributed by atoms with E-state index < -0.39 is 6.10 Å². The zero-order valence-electron chi connectivity index (χ0n) is 18.9. The van der Waals surface area contributed by atoms with Gasteiger partial charge in [-0.05, 0) is 53.9 Å². The maximum absolute atomic E-state index is 12.7. The highest BCUT2D eigenvalue weighted by atomic mass is 16.5. The molecule has 0 fully saturated rings. The standard InChI is InChI=1S/C29H26N2O3/c1-21(34-27-17-15-24(16-18-27)23-11-6-3-7-12-23)28(32)31-26-14-8-13-25(19-26)29(33)30-20-22-9-4-2-5-10-22/h2-19,21H,20H2,1H3,(H,30,33)(H,31,32). The number of amides is 2. The topological polar surface area (TPSA) is 67.4 Å². The van der Waals surface area contributed by atoms with E-state index in [2.05, 4.69) is 10.6 Å². The molecule has 0 bridgehead atoms. The average molecular weight is 451 g/mol. The Bertz CT molecular complexity index is 1240. The Hall–Kier alpha value is -4.38. The molecule has 1 unspecified atom stereocenters. The molecule has 34 heavy (non-hydrogen) atoms. The van der Waals surface area contributed by atoms with Crippen LogP contribution in [0.15, 0.2) is 109 Å². The smallest absolute Gasteiger partial charge is 0.265 e. The van der Waals surface area contributed by atoms with E-state index in [1.165, 1.54) is 0 Å². The molecule has 5 nitrogen and oxygen atoms in total. The van der Waals surface area contributed by atoms with E-state index in [0.29, 0.717) is 23.5 Å². The summed E-state index contributed by atoms with van der Waals surface area (Å²) in [6.45, 7) is 2.13. The fourth-order valence-corrected chi connectivity index (χ4v) is 3.48. The van der Waals surface area contributed by atoms with Gasteiger partial charge in [-0.15, -0.1) is 0 Å². The van der Waals surface area contributed by atoms with Gasteiger partial charge in [0, 0.05) is 17.8 Å². The Labute approximate surface area is 199 Å². The molecule has 1 atom stereocenters. The molecule has 0 heterocycles. The van der Waals surface area contributed by atoms with E-state index in [-0.39, 0.29) is 11.8 Å². The van der Waals surface area contributed by atoms with Crippen molar-refractivity contribution in [3.63, 3.8) is 0 Å². The fraction of sp³-hybridized carbons (Fsp3) is 0.103. The Kier molecular flexibility index (Phi) is 7.35. The quantitative estimate of drug-likeness (QED) is 0.362. The van der Waals surface area contributed by atoms with Crippen molar-refractivity contribution in [3.05, 3.63) is 120 Å². The Morgan fingerprint density at radius 2 is 1.41 bits per heavy atom. The lowest BCUT2D eigenvalue weighted by Crippen LogP contribution is -2.30. The van der Waals surface area contributed by atoms with Gasteiger partial charge in [0.25, 0.3) is 11.8 Å². The van der Waals surface area contributed by atoms with Crippen molar-refractivity contribution >= 4 is 17.5 Å². The van der Waals surface area contributed by atoms with Gasteiger partial charge in [-0.25, -0.2) is 0 Å². The van der Waals surface area contributed by atoms with Crippen molar-refractivity contribution in [1.29, 1.82) is 0 Å². The first-order valence-electron chi connectivity index (χ1n) is 11.1. The Balaban J connectivity index is 1.32. The van der Waals surface area contributed by atoms with E-state index in [9.17, 15) is 9.59 Å². The summed E-state index contributed by atoms with van der Waals surface area (Å²) in [6, 6.07) is 34.2. The molecule has 5 heteroatoms. The normalized spacial score (nSPS) is 11.3. The second-order valence-electron chi connectivity index (χ2n) is 7.89. The summed E-state index contributed by atoms with van der Waals surface area (Å²) in [7, 11) is 0. The zero-order valence-corrected chi connectivity index (χ0v) is 18.9. The van der Waals surface area contributed by atoms with Crippen molar-refractivity contribution in [2.75, 3.05) is 5.32 Å². The Morgan fingerprint density at radius 1 is 0.765 bits per heavy atom. The molecule has 4 rings (SSSR count). The number of carbonyl (C=O) groups is 2. The van der Waals surface area contributed by atoms with Crippen LogP contribution in [0.2, 0.25) is 0 Å². The van der Waals surface area contributed by atoms with Gasteiger partial charge >= 0.3 is 0 Å². The van der Waals surface area contributed by atoms with Crippen LogP contribution in [0.25, 0.3) is 11.1 Å². The predicted molar refractivity (Wildman–Crippen MR) is 135 cm³/mol. The van der Waals surface area contributed by atoms with Crippen molar-refractivity contribution in [2.45, 2.75) is 19.6 Å². The van der Waals surface area contributed by atoms with Gasteiger partial charge in [0.1, 0.15) is 5.75 Å². The summed E-state index contributed by atoms with van der Waals surface area (Å²) in [6.07, 6.45) is -0.710. The van der Waals surface area contributed by atoms with E-state index in [1.807, 2.05) is 84.9 Å².